The second-order valence-electron chi connectivity index (χ2n) is 9.51. The maximum Gasteiger partial charge on any atom is 0.222 e. The van der Waals surface area contributed by atoms with Crippen molar-refractivity contribution in [2.45, 2.75) is 83.1 Å². The number of rotatable bonds is 4. The summed E-state index contributed by atoms with van der Waals surface area (Å²) in [4.78, 5) is 29.5. The molecule has 28 heavy (non-hydrogen) atoms. The van der Waals surface area contributed by atoms with E-state index in [1.54, 1.807) is 0 Å². The van der Waals surface area contributed by atoms with Crippen LogP contribution in [0.15, 0.2) is 0 Å². The number of aryl methyl sites for hydroxylation is 2. The van der Waals surface area contributed by atoms with E-state index in [9.17, 15) is 9.59 Å². The normalized spacial score (nSPS) is 27.9. The van der Waals surface area contributed by atoms with Gasteiger partial charge in [0.25, 0.3) is 0 Å². The second kappa shape index (κ2) is 7.20. The molecule has 5 rings (SSSR count). The zero-order chi connectivity index (χ0) is 19.1. The Labute approximate surface area is 167 Å². The van der Waals surface area contributed by atoms with Gasteiger partial charge in [-0.05, 0) is 63.4 Å². The maximum atomic E-state index is 13.0. The molecule has 0 unspecified atom stereocenters. The smallest absolute Gasteiger partial charge is 0.222 e. The summed E-state index contributed by atoms with van der Waals surface area (Å²) in [7, 11) is 0. The van der Waals surface area contributed by atoms with E-state index in [1.165, 1.54) is 36.9 Å². The third kappa shape index (κ3) is 3.46. The third-order valence-electron chi connectivity index (χ3n) is 7.41. The number of aromatic amines is 1. The van der Waals surface area contributed by atoms with E-state index >= 15 is 0 Å². The molecule has 1 N–H and O–H groups in total. The number of hydrogen-bond acceptors (Lipinski definition) is 3. The van der Waals surface area contributed by atoms with Crippen LogP contribution in [0.4, 0.5) is 0 Å². The summed E-state index contributed by atoms with van der Waals surface area (Å²) in [5, 5.41) is 7.69. The number of nitrogens with one attached hydrogen (secondary N) is 1. The molecule has 6 nitrogen and oxygen atoms in total. The van der Waals surface area contributed by atoms with Crippen LogP contribution in [0, 0.1) is 5.41 Å². The fourth-order valence-electron chi connectivity index (χ4n) is 5.66. The lowest BCUT2D eigenvalue weighted by Gasteiger charge is -2.48. The summed E-state index contributed by atoms with van der Waals surface area (Å²) in [6.07, 6.45) is 12.1. The Kier molecular flexibility index (Phi) is 4.68. The standard InChI is InChI=1S/C22H32N4O2/c27-20(9-8-19-17-4-1-2-5-18(17)23-24-19)25-13-3-11-22(14-25)12-10-21(28)26(15-22)16-6-7-16/h16H,1-15H2,(H,23,24)/t22-/m1/s1. The largest absolute Gasteiger partial charge is 0.342 e. The van der Waals surface area contributed by atoms with E-state index in [4.69, 9.17) is 0 Å². The number of fused-ring (bicyclic) bond motifs is 1. The van der Waals surface area contributed by atoms with E-state index in [-0.39, 0.29) is 11.3 Å². The van der Waals surface area contributed by atoms with E-state index in [0.717, 1.165) is 63.9 Å². The summed E-state index contributed by atoms with van der Waals surface area (Å²) >= 11 is 0. The molecule has 2 aliphatic heterocycles. The summed E-state index contributed by atoms with van der Waals surface area (Å²) in [5.41, 5.74) is 3.91. The number of piperidine rings is 2. The molecule has 1 saturated carbocycles. The number of hydrogen-bond donors (Lipinski definition) is 1. The molecular formula is C22H32N4O2. The number of amides is 2. The van der Waals surface area contributed by atoms with Gasteiger partial charge in [0.05, 0.1) is 5.69 Å². The molecule has 3 heterocycles. The molecule has 1 atom stereocenters. The fourth-order valence-corrected chi connectivity index (χ4v) is 5.66. The first-order valence-electron chi connectivity index (χ1n) is 11.3. The first kappa shape index (κ1) is 18.2. The first-order chi connectivity index (χ1) is 13.6. The van der Waals surface area contributed by atoms with Gasteiger partial charge in [-0.25, -0.2) is 0 Å². The van der Waals surface area contributed by atoms with Gasteiger partial charge in [0.1, 0.15) is 0 Å². The highest BCUT2D eigenvalue weighted by atomic mass is 16.2. The third-order valence-corrected chi connectivity index (χ3v) is 7.41. The van der Waals surface area contributed by atoms with Gasteiger partial charge in [-0.2, -0.15) is 5.10 Å². The van der Waals surface area contributed by atoms with E-state index in [0.29, 0.717) is 24.8 Å². The Morgan fingerprint density at radius 2 is 1.96 bits per heavy atom. The summed E-state index contributed by atoms with van der Waals surface area (Å²) in [5.74, 6) is 0.599. The summed E-state index contributed by atoms with van der Waals surface area (Å²) in [6, 6.07) is 0.488. The molecule has 1 spiro atoms. The zero-order valence-electron chi connectivity index (χ0n) is 16.8. The van der Waals surface area contributed by atoms with Gasteiger partial charge in [-0.1, -0.05) is 0 Å². The van der Waals surface area contributed by atoms with Crippen LogP contribution in [0.3, 0.4) is 0 Å². The highest BCUT2D eigenvalue weighted by Gasteiger charge is 2.46. The van der Waals surface area contributed by atoms with Crippen molar-refractivity contribution < 1.29 is 9.59 Å². The molecule has 4 aliphatic rings. The average molecular weight is 385 g/mol. The first-order valence-corrected chi connectivity index (χ1v) is 11.3. The van der Waals surface area contributed by atoms with Crippen molar-refractivity contribution in [2.75, 3.05) is 19.6 Å². The van der Waals surface area contributed by atoms with Crippen LogP contribution < -0.4 is 0 Å². The van der Waals surface area contributed by atoms with Crippen molar-refractivity contribution in [3.63, 3.8) is 0 Å². The number of likely N-dealkylation sites (tertiary alicyclic amines) is 2. The fraction of sp³-hybridized carbons (Fsp3) is 0.773. The molecule has 1 aromatic rings. The Bertz CT molecular complexity index is 769. The van der Waals surface area contributed by atoms with Gasteiger partial charge in [-0.15, -0.1) is 0 Å². The minimum atomic E-state index is 0.135. The molecule has 0 aromatic carbocycles. The van der Waals surface area contributed by atoms with Crippen molar-refractivity contribution >= 4 is 11.8 Å². The van der Waals surface area contributed by atoms with Crippen LogP contribution in [0.5, 0.6) is 0 Å². The molecule has 6 heteroatoms. The second-order valence-corrected chi connectivity index (χ2v) is 9.51. The Hall–Kier alpha value is -1.85. The van der Waals surface area contributed by atoms with Gasteiger partial charge in [-0.3, -0.25) is 14.7 Å². The van der Waals surface area contributed by atoms with Crippen molar-refractivity contribution in [3.05, 3.63) is 17.0 Å². The van der Waals surface area contributed by atoms with Crippen LogP contribution in [-0.4, -0.2) is 57.5 Å². The summed E-state index contributed by atoms with van der Waals surface area (Å²) < 4.78 is 0. The van der Waals surface area contributed by atoms with Crippen LogP contribution in [0.2, 0.25) is 0 Å². The molecular weight excluding hydrogens is 352 g/mol. The monoisotopic (exact) mass is 384 g/mol. The van der Waals surface area contributed by atoms with Crippen LogP contribution in [0.1, 0.15) is 74.7 Å². The topological polar surface area (TPSA) is 69.3 Å². The molecule has 0 radical (unpaired) electrons. The molecule has 2 aliphatic carbocycles. The Balaban J connectivity index is 1.21. The van der Waals surface area contributed by atoms with Gasteiger partial charge in [0.15, 0.2) is 0 Å². The lowest BCUT2D eigenvalue weighted by molar-refractivity contribution is -0.143. The van der Waals surface area contributed by atoms with Crippen LogP contribution >= 0.6 is 0 Å². The highest BCUT2D eigenvalue weighted by molar-refractivity contribution is 5.78. The highest BCUT2D eigenvalue weighted by Crippen LogP contribution is 2.42. The SMILES string of the molecule is O=C(CCc1n[nH]c2c1CCCC2)N1CCC[C@@]2(CCC(=O)N(C3CC3)C2)C1. The maximum absolute atomic E-state index is 13.0. The van der Waals surface area contributed by atoms with Crippen molar-refractivity contribution in [3.8, 4) is 0 Å². The number of carbonyl (C=O) groups excluding carboxylic acids is 2. The predicted octanol–water partition coefficient (Wildman–Crippen LogP) is 2.61. The number of nitrogens with zero attached hydrogens (tertiary/aromatic N) is 3. The average Bonchev–Trinajstić information content (AvgIpc) is 3.48. The number of aromatic nitrogens is 2. The van der Waals surface area contributed by atoms with Gasteiger partial charge in [0, 0.05) is 56.0 Å². The van der Waals surface area contributed by atoms with Crippen molar-refractivity contribution in [1.82, 2.24) is 20.0 Å². The van der Waals surface area contributed by atoms with E-state index in [2.05, 4.69) is 20.0 Å². The van der Waals surface area contributed by atoms with Gasteiger partial charge in [0.2, 0.25) is 11.8 Å². The van der Waals surface area contributed by atoms with Crippen molar-refractivity contribution in [2.24, 2.45) is 5.41 Å². The van der Waals surface area contributed by atoms with Crippen LogP contribution in [0.25, 0.3) is 0 Å². The van der Waals surface area contributed by atoms with Gasteiger partial charge < -0.3 is 9.80 Å². The molecule has 3 fully saturated rings. The van der Waals surface area contributed by atoms with Crippen molar-refractivity contribution in [1.29, 1.82) is 0 Å². The molecule has 1 aromatic heterocycles. The zero-order valence-corrected chi connectivity index (χ0v) is 16.8. The molecule has 0 bridgehead atoms. The predicted molar refractivity (Wildman–Crippen MR) is 106 cm³/mol. The number of H-pyrrole nitrogens is 1. The lowest BCUT2D eigenvalue weighted by atomic mass is 9.73. The van der Waals surface area contributed by atoms with Gasteiger partial charge >= 0.3 is 0 Å². The quantitative estimate of drug-likeness (QED) is 0.868. The van der Waals surface area contributed by atoms with E-state index < -0.39 is 0 Å². The Morgan fingerprint density at radius 3 is 2.82 bits per heavy atom. The molecule has 152 valence electrons. The minimum Gasteiger partial charge on any atom is -0.342 e. The summed E-state index contributed by atoms with van der Waals surface area (Å²) in [6.45, 7) is 2.57. The number of carbonyl (C=O) groups is 2. The Morgan fingerprint density at radius 1 is 1.11 bits per heavy atom. The molecule has 2 saturated heterocycles. The molecule has 2 amide bonds. The lowest BCUT2D eigenvalue weighted by Crippen LogP contribution is -2.55. The van der Waals surface area contributed by atoms with E-state index in [1.807, 2.05) is 0 Å². The minimum absolute atomic E-state index is 0.135. The van der Waals surface area contributed by atoms with Crippen LogP contribution in [-0.2, 0) is 28.9 Å².